The van der Waals surface area contributed by atoms with E-state index in [9.17, 15) is 0 Å². The molecule has 1 aliphatic heterocycles. The number of hydrogen-bond donors (Lipinski definition) is 0. The maximum Gasteiger partial charge on any atom is 0.161 e. The molecule has 2 aromatic carbocycles. The van der Waals surface area contributed by atoms with Crippen molar-refractivity contribution in [2.24, 2.45) is 5.92 Å². The maximum absolute atomic E-state index is 8.87. The van der Waals surface area contributed by atoms with Gasteiger partial charge in [0.15, 0.2) is 6.29 Å². The Bertz CT molecular complexity index is 738. The topological polar surface area (TPSA) is 42.2 Å². The highest BCUT2D eigenvalue weighted by molar-refractivity contribution is 5.31. The minimum absolute atomic E-state index is 0.167. The second-order valence-electron chi connectivity index (χ2n) is 7.79. The van der Waals surface area contributed by atoms with E-state index in [2.05, 4.69) is 37.3 Å². The normalized spacial score (nSPS) is 19.3. The number of benzene rings is 2. The molecule has 3 heteroatoms. The molecule has 1 aliphatic rings. The molecule has 0 atom stereocenters. The van der Waals surface area contributed by atoms with Crippen LogP contribution in [0.2, 0.25) is 0 Å². The Hall–Kier alpha value is -2.15. The SMILES string of the molecule is CCCCc1ccc(CCCC2COC(Cc3ccc(C#N)cc3)OC2)cc1. The lowest BCUT2D eigenvalue weighted by molar-refractivity contribution is -0.200. The monoisotopic (exact) mass is 377 g/mol. The molecule has 3 rings (SSSR count). The van der Waals surface area contributed by atoms with Gasteiger partial charge in [-0.3, -0.25) is 0 Å². The molecule has 0 saturated carbocycles. The smallest absolute Gasteiger partial charge is 0.161 e. The highest BCUT2D eigenvalue weighted by Crippen LogP contribution is 2.20. The third kappa shape index (κ3) is 6.48. The van der Waals surface area contributed by atoms with E-state index in [0.717, 1.165) is 38.0 Å². The van der Waals surface area contributed by atoms with Crippen LogP contribution in [0.3, 0.4) is 0 Å². The van der Waals surface area contributed by atoms with E-state index < -0.39 is 0 Å². The number of nitrogens with zero attached hydrogens (tertiary/aromatic N) is 1. The van der Waals surface area contributed by atoms with Crippen LogP contribution in [0.25, 0.3) is 0 Å². The van der Waals surface area contributed by atoms with E-state index in [4.69, 9.17) is 14.7 Å². The fraction of sp³-hybridized carbons (Fsp3) is 0.480. The molecule has 0 spiro atoms. The van der Waals surface area contributed by atoms with Crippen LogP contribution in [0.15, 0.2) is 48.5 Å². The summed E-state index contributed by atoms with van der Waals surface area (Å²) >= 11 is 0. The van der Waals surface area contributed by atoms with Crippen molar-refractivity contribution < 1.29 is 9.47 Å². The molecule has 0 amide bonds. The van der Waals surface area contributed by atoms with Gasteiger partial charge >= 0.3 is 0 Å². The summed E-state index contributed by atoms with van der Waals surface area (Å²) in [6.07, 6.45) is 7.72. The van der Waals surface area contributed by atoms with Crippen molar-refractivity contribution in [1.82, 2.24) is 0 Å². The van der Waals surface area contributed by atoms with Crippen molar-refractivity contribution >= 4 is 0 Å². The Morgan fingerprint density at radius 1 is 0.857 bits per heavy atom. The fourth-order valence-electron chi connectivity index (χ4n) is 3.62. The number of hydrogen-bond acceptors (Lipinski definition) is 3. The molecule has 0 aliphatic carbocycles. The third-order valence-electron chi connectivity index (χ3n) is 5.44. The van der Waals surface area contributed by atoms with Gasteiger partial charge in [-0.1, -0.05) is 49.7 Å². The standard InChI is InChI=1S/C25H31NO2/c1-2-3-5-20-8-10-21(11-9-20)6-4-7-24-18-27-25(28-19-24)16-22-12-14-23(17-26)15-13-22/h8-15,24-25H,2-7,16,18-19H2,1H3. The third-order valence-corrected chi connectivity index (χ3v) is 5.44. The first-order chi connectivity index (χ1) is 13.8. The summed E-state index contributed by atoms with van der Waals surface area (Å²) in [5.74, 6) is 0.487. The van der Waals surface area contributed by atoms with Crippen LogP contribution in [0.5, 0.6) is 0 Å². The lowest BCUT2D eigenvalue weighted by Gasteiger charge is -2.29. The van der Waals surface area contributed by atoms with E-state index >= 15 is 0 Å². The van der Waals surface area contributed by atoms with Crippen LogP contribution in [0.1, 0.15) is 54.9 Å². The number of rotatable bonds is 9. The average molecular weight is 378 g/mol. The van der Waals surface area contributed by atoms with E-state index in [0.29, 0.717) is 11.5 Å². The molecule has 148 valence electrons. The van der Waals surface area contributed by atoms with Crippen LogP contribution in [0.4, 0.5) is 0 Å². The molecule has 1 saturated heterocycles. The van der Waals surface area contributed by atoms with Crippen molar-refractivity contribution in [3.63, 3.8) is 0 Å². The zero-order valence-corrected chi connectivity index (χ0v) is 16.9. The van der Waals surface area contributed by atoms with Crippen molar-refractivity contribution in [1.29, 1.82) is 5.26 Å². The Labute approximate surface area is 169 Å². The lowest BCUT2D eigenvalue weighted by atomic mass is 9.99. The van der Waals surface area contributed by atoms with Crippen LogP contribution in [-0.4, -0.2) is 19.5 Å². The molecule has 0 aromatic heterocycles. The number of unbranched alkanes of at least 4 members (excludes halogenated alkanes) is 1. The Morgan fingerprint density at radius 2 is 1.43 bits per heavy atom. The maximum atomic E-state index is 8.87. The van der Waals surface area contributed by atoms with Gasteiger partial charge in [-0.2, -0.15) is 5.26 Å². The van der Waals surface area contributed by atoms with Gasteiger partial charge < -0.3 is 9.47 Å². The molecule has 0 unspecified atom stereocenters. The van der Waals surface area contributed by atoms with Gasteiger partial charge in [-0.15, -0.1) is 0 Å². The van der Waals surface area contributed by atoms with Crippen LogP contribution in [-0.2, 0) is 28.7 Å². The molecule has 2 aromatic rings. The fourth-order valence-corrected chi connectivity index (χ4v) is 3.62. The van der Waals surface area contributed by atoms with Crippen LogP contribution < -0.4 is 0 Å². The summed E-state index contributed by atoms with van der Waals surface area (Å²) in [6, 6.07) is 18.9. The molecule has 0 radical (unpaired) electrons. The van der Waals surface area contributed by atoms with Crippen molar-refractivity contribution in [3.05, 3.63) is 70.8 Å². The summed E-state index contributed by atoms with van der Waals surface area (Å²) in [6.45, 7) is 3.79. The highest BCUT2D eigenvalue weighted by atomic mass is 16.7. The Balaban J connectivity index is 1.33. The summed E-state index contributed by atoms with van der Waals surface area (Å²) in [4.78, 5) is 0. The molecule has 1 heterocycles. The van der Waals surface area contributed by atoms with Gasteiger partial charge in [-0.05, 0) is 60.9 Å². The quantitative estimate of drug-likeness (QED) is 0.583. The molecule has 0 bridgehead atoms. The zero-order valence-electron chi connectivity index (χ0n) is 16.9. The number of ether oxygens (including phenoxy) is 2. The van der Waals surface area contributed by atoms with Crippen molar-refractivity contribution in [2.75, 3.05) is 13.2 Å². The van der Waals surface area contributed by atoms with Gasteiger partial charge in [0.2, 0.25) is 0 Å². The summed E-state index contributed by atoms with van der Waals surface area (Å²) < 4.78 is 11.8. The molecular formula is C25H31NO2. The summed E-state index contributed by atoms with van der Waals surface area (Å²) in [5, 5.41) is 8.87. The van der Waals surface area contributed by atoms with Crippen molar-refractivity contribution in [3.8, 4) is 6.07 Å². The first-order valence-corrected chi connectivity index (χ1v) is 10.6. The second kappa shape index (κ2) is 11.0. The van der Waals surface area contributed by atoms with Gasteiger partial charge in [0.05, 0.1) is 24.8 Å². The highest BCUT2D eigenvalue weighted by Gasteiger charge is 2.22. The summed E-state index contributed by atoms with van der Waals surface area (Å²) in [7, 11) is 0. The lowest BCUT2D eigenvalue weighted by Crippen LogP contribution is -2.33. The summed E-state index contributed by atoms with van der Waals surface area (Å²) in [5.41, 5.74) is 4.71. The Kier molecular flexibility index (Phi) is 8.08. The minimum Gasteiger partial charge on any atom is -0.352 e. The van der Waals surface area contributed by atoms with Gasteiger partial charge in [0.25, 0.3) is 0 Å². The largest absolute Gasteiger partial charge is 0.352 e. The first kappa shape index (κ1) is 20.6. The molecule has 0 N–H and O–H groups in total. The van der Waals surface area contributed by atoms with E-state index in [1.807, 2.05) is 24.3 Å². The molecule has 3 nitrogen and oxygen atoms in total. The molecule has 28 heavy (non-hydrogen) atoms. The molecular weight excluding hydrogens is 346 g/mol. The van der Waals surface area contributed by atoms with E-state index in [1.165, 1.54) is 36.8 Å². The number of aryl methyl sites for hydroxylation is 2. The average Bonchev–Trinajstić information content (AvgIpc) is 2.75. The Morgan fingerprint density at radius 3 is 2.00 bits per heavy atom. The molecule has 1 fully saturated rings. The van der Waals surface area contributed by atoms with Gasteiger partial charge in [0, 0.05) is 12.3 Å². The van der Waals surface area contributed by atoms with E-state index in [1.54, 1.807) is 0 Å². The van der Waals surface area contributed by atoms with Crippen molar-refractivity contribution in [2.45, 2.75) is 58.2 Å². The minimum atomic E-state index is -0.167. The second-order valence-corrected chi connectivity index (χ2v) is 7.79. The predicted octanol–water partition coefficient (Wildman–Crippen LogP) is 5.46. The van der Waals surface area contributed by atoms with Crippen LogP contribution in [0, 0.1) is 17.2 Å². The van der Waals surface area contributed by atoms with E-state index in [-0.39, 0.29) is 6.29 Å². The predicted molar refractivity (Wildman–Crippen MR) is 112 cm³/mol. The van der Waals surface area contributed by atoms with Gasteiger partial charge in [-0.25, -0.2) is 0 Å². The number of nitriles is 1. The van der Waals surface area contributed by atoms with Crippen LogP contribution >= 0.6 is 0 Å². The van der Waals surface area contributed by atoms with Gasteiger partial charge in [0.1, 0.15) is 0 Å². The zero-order chi connectivity index (χ0) is 19.6. The first-order valence-electron chi connectivity index (χ1n) is 10.6.